The smallest absolute Gasteiger partial charge is 0.298 e. The van der Waals surface area contributed by atoms with Gasteiger partial charge in [-0.15, -0.1) is 11.3 Å². The number of amides is 1. The van der Waals surface area contributed by atoms with Crippen molar-refractivity contribution in [1.29, 1.82) is 0 Å². The van der Waals surface area contributed by atoms with E-state index in [2.05, 4.69) is 15.3 Å². The second kappa shape index (κ2) is 6.41. The summed E-state index contributed by atoms with van der Waals surface area (Å²) in [5.74, 6) is -0.960. The van der Waals surface area contributed by atoms with E-state index in [0.29, 0.717) is 13.1 Å². The number of carbonyl (C=O) groups is 2. The first-order valence-electron chi connectivity index (χ1n) is 7.14. The van der Waals surface area contributed by atoms with Crippen LogP contribution in [0.4, 0.5) is 0 Å². The first-order valence-corrected chi connectivity index (χ1v) is 8.02. The fourth-order valence-corrected chi connectivity index (χ4v) is 3.08. The summed E-state index contributed by atoms with van der Waals surface area (Å²) < 4.78 is 5.00. The van der Waals surface area contributed by atoms with Gasteiger partial charge in [0.05, 0.1) is 17.0 Å². The van der Waals surface area contributed by atoms with Gasteiger partial charge in [-0.3, -0.25) is 14.5 Å². The fourth-order valence-electron chi connectivity index (χ4n) is 2.48. The Labute approximate surface area is 132 Å². The number of nitrogens with zero attached hydrogens (tertiary/aromatic N) is 3. The van der Waals surface area contributed by atoms with Crippen LogP contribution in [0.15, 0.2) is 28.2 Å². The van der Waals surface area contributed by atoms with Crippen molar-refractivity contribution in [3.63, 3.8) is 0 Å². The number of hydrogen-bond acceptors (Lipinski definition) is 6. The molecule has 2 aromatic heterocycles. The van der Waals surface area contributed by atoms with Gasteiger partial charge in [0.25, 0.3) is 11.7 Å². The number of hydrogen-bond donors (Lipinski definition) is 0. The molecule has 0 atom stereocenters. The van der Waals surface area contributed by atoms with Gasteiger partial charge in [-0.25, -0.2) is 4.98 Å². The minimum Gasteiger partial charge on any atom is -0.461 e. The number of thiazole rings is 1. The molecular formula is C15H17N3O3S. The highest BCUT2D eigenvalue weighted by atomic mass is 32.1. The summed E-state index contributed by atoms with van der Waals surface area (Å²) in [5, 5.41) is 3.13. The molecule has 1 aliphatic heterocycles. The first kappa shape index (κ1) is 14.9. The average Bonchev–Trinajstić information content (AvgIpc) is 3.18. The summed E-state index contributed by atoms with van der Waals surface area (Å²) in [6, 6.07) is 3.12. The van der Waals surface area contributed by atoms with Gasteiger partial charge in [-0.05, 0) is 19.1 Å². The number of rotatable bonds is 4. The van der Waals surface area contributed by atoms with E-state index < -0.39 is 11.7 Å². The van der Waals surface area contributed by atoms with Crippen molar-refractivity contribution >= 4 is 23.0 Å². The zero-order valence-electron chi connectivity index (χ0n) is 12.3. The maximum Gasteiger partial charge on any atom is 0.298 e. The van der Waals surface area contributed by atoms with Crippen molar-refractivity contribution in [3.05, 3.63) is 40.2 Å². The van der Waals surface area contributed by atoms with E-state index in [4.69, 9.17) is 4.42 Å². The minimum atomic E-state index is -0.575. The Kier molecular flexibility index (Phi) is 4.35. The highest BCUT2D eigenvalue weighted by molar-refractivity contribution is 7.09. The molecule has 3 heterocycles. The summed E-state index contributed by atoms with van der Waals surface area (Å²) in [4.78, 5) is 32.4. The Morgan fingerprint density at radius 2 is 2.09 bits per heavy atom. The third kappa shape index (κ3) is 3.26. The summed E-state index contributed by atoms with van der Waals surface area (Å²) >= 11 is 1.64. The van der Waals surface area contributed by atoms with Crippen LogP contribution in [-0.2, 0) is 11.3 Å². The summed E-state index contributed by atoms with van der Waals surface area (Å²) in [6.07, 6.45) is 1.40. The van der Waals surface area contributed by atoms with Gasteiger partial charge in [-0.1, -0.05) is 0 Å². The van der Waals surface area contributed by atoms with Crippen LogP contribution < -0.4 is 0 Å². The van der Waals surface area contributed by atoms with Crippen LogP contribution in [0.25, 0.3) is 0 Å². The molecule has 0 unspecified atom stereocenters. The number of aromatic nitrogens is 1. The lowest BCUT2D eigenvalue weighted by Gasteiger charge is -2.33. The van der Waals surface area contributed by atoms with Gasteiger partial charge >= 0.3 is 0 Å². The fraction of sp³-hybridized carbons (Fsp3) is 0.400. The molecule has 0 spiro atoms. The Morgan fingerprint density at radius 1 is 1.32 bits per heavy atom. The molecule has 116 valence electrons. The molecule has 22 heavy (non-hydrogen) atoms. The largest absolute Gasteiger partial charge is 0.461 e. The second-order valence-corrected chi connectivity index (χ2v) is 6.29. The summed E-state index contributed by atoms with van der Waals surface area (Å²) in [5.41, 5.74) is 1.06. The number of Topliss-reactive ketones (excluding diaryl/α,β-unsaturated/α-hetero) is 1. The third-order valence-electron chi connectivity index (χ3n) is 3.65. The van der Waals surface area contributed by atoms with Gasteiger partial charge < -0.3 is 9.32 Å². The maximum atomic E-state index is 12.2. The van der Waals surface area contributed by atoms with Crippen LogP contribution in [0.1, 0.15) is 21.3 Å². The Balaban J connectivity index is 1.53. The van der Waals surface area contributed by atoms with Gasteiger partial charge in [0.2, 0.25) is 0 Å². The molecule has 0 radical (unpaired) electrons. The molecule has 1 amide bonds. The van der Waals surface area contributed by atoms with Crippen molar-refractivity contribution in [1.82, 2.24) is 14.8 Å². The van der Waals surface area contributed by atoms with Crippen LogP contribution in [0.3, 0.4) is 0 Å². The van der Waals surface area contributed by atoms with Crippen LogP contribution in [-0.4, -0.2) is 52.7 Å². The standard InChI is InChI=1S/C15H17N3O3S/c1-11-16-12(10-22-11)9-17-4-6-18(7-5-17)15(20)14(19)13-3-2-8-21-13/h2-3,8,10H,4-7,9H2,1H3. The zero-order valence-corrected chi connectivity index (χ0v) is 13.1. The minimum absolute atomic E-state index is 0.102. The molecule has 1 fully saturated rings. The average molecular weight is 319 g/mol. The van der Waals surface area contributed by atoms with Crippen LogP contribution in [0, 0.1) is 6.92 Å². The van der Waals surface area contributed by atoms with E-state index >= 15 is 0 Å². The van der Waals surface area contributed by atoms with Crippen molar-refractivity contribution in [3.8, 4) is 0 Å². The number of ketones is 1. The van der Waals surface area contributed by atoms with Crippen LogP contribution >= 0.6 is 11.3 Å². The topological polar surface area (TPSA) is 66.7 Å². The van der Waals surface area contributed by atoms with Crippen molar-refractivity contribution in [2.75, 3.05) is 26.2 Å². The number of furan rings is 1. The Morgan fingerprint density at radius 3 is 2.68 bits per heavy atom. The SMILES string of the molecule is Cc1nc(CN2CCN(C(=O)C(=O)c3ccco3)CC2)cs1. The van der Waals surface area contributed by atoms with E-state index in [1.807, 2.05) is 6.92 Å². The molecule has 3 rings (SSSR count). The zero-order chi connectivity index (χ0) is 15.5. The number of aryl methyl sites for hydroxylation is 1. The maximum absolute atomic E-state index is 12.2. The highest BCUT2D eigenvalue weighted by Crippen LogP contribution is 2.13. The molecule has 2 aromatic rings. The van der Waals surface area contributed by atoms with Crippen molar-refractivity contribution in [2.24, 2.45) is 0 Å². The van der Waals surface area contributed by atoms with Gasteiger partial charge in [0.1, 0.15) is 0 Å². The molecule has 6 nitrogen and oxygen atoms in total. The van der Waals surface area contributed by atoms with Gasteiger partial charge in [-0.2, -0.15) is 0 Å². The lowest BCUT2D eigenvalue weighted by molar-refractivity contribution is -0.128. The second-order valence-electron chi connectivity index (χ2n) is 5.23. The molecular weight excluding hydrogens is 302 g/mol. The van der Waals surface area contributed by atoms with E-state index in [0.717, 1.165) is 30.3 Å². The van der Waals surface area contributed by atoms with Crippen molar-refractivity contribution < 1.29 is 14.0 Å². The van der Waals surface area contributed by atoms with Crippen molar-refractivity contribution in [2.45, 2.75) is 13.5 Å². The number of piperazine rings is 1. The molecule has 0 aliphatic carbocycles. The first-order chi connectivity index (χ1) is 10.6. The molecule has 1 saturated heterocycles. The van der Waals surface area contributed by atoms with E-state index in [-0.39, 0.29) is 5.76 Å². The predicted molar refractivity (Wildman–Crippen MR) is 81.7 cm³/mol. The monoisotopic (exact) mass is 319 g/mol. The Hall–Kier alpha value is -1.99. The number of carbonyl (C=O) groups excluding carboxylic acids is 2. The highest BCUT2D eigenvalue weighted by Gasteiger charge is 2.28. The molecule has 1 aliphatic rings. The Bertz CT molecular complexity index is 657. The normalized spacial score (nSPS) is 16.0. The molecule has 0 N–H and O–H groups in total. The van der Waals surface area contributed by atoms with Crippen LogP contribution in [0.5, 0.6) is 0 Å². The molecule has 0 saturated carbocycles. The predicted octanol–water partition coefficient (Wildman–Crippen LogP) is 1.57. The third-order valence-corrected chi connectivity index (χ3v) is 4.47. The summed E-state index contributed by atoms with van der Waals surface area (Å²) in [6.45, 7) is 5.37. The van der Waals surface area contributed by atoms with E-state index in [1.54, 1.807) is 22.3 Å². The lowest BCUT2D eigenvalue weighted by Crippen LogP contribution is -2.50. The van der Waals surface area contributed by atoms with Gasteiger partial charge in [0.15, 0.2) is 5.76 Å². The van der Waals surface area contributed by atoms with Crippen LogP contribution in [0.2, 0.25) is 0 Å². The lowest BCUT2D eigenvalue weighted by atomic mass is 10.2. The molecule has 0 aromatic carbocycles. The van der Waals surface area contributed by atoms with E-state index in [1.165, 1.54) is 12.3 Å². The molecule has 0 bridgehead atoms. The van der Waals surface area contributed by atoms with Gasteiger partial charge in [0, 0.05) is 38.1 Å². The molecule has 7 heteroatoms. The summed E-state index contributed by atoms with van der Waals surface area (Å²) in [7, 11) is 0. The quantitative estimate of drug-likeness (QED) is 0.632. The van der Waals surface area contributed by atoms with E-state index in [9.17, 15) is 9.59 Å².